The Morgan fingerprint density at radius 2 is 1.25 bits per heavy atom. The monoisotopic (exact) mass is 685 g/mol. The zero-order valence-corrected chi connectivity index (χ0v) is 28.8. The number of hydrogen-bond donors (Lipinski definition) is 0. The summed E-state index contributed by atoms with van der Waals surface area (Å²) in [4.78, 5) is 14.2. The van der Waals surface area contributed by atoms with Crippen LogP contribution in [0.2, 0.25) is 0 Å². The van der Waals surface area contributed by atoms with Crippen LogP contribution in [-0.2, 0) is 5.41 Å². The highest BCUT2D eigenvalue weighted by Crippen LogP contribution is 2.51. The Labute approximate surface area is 312 Å². The molecule has 0 atom stereocenters. The van der Waals surface area contributed by atoms with Crippen molar-refractivity contribution in [3.05, 3.63) is 169 Å². The lowest BCUT2D eigenvalue weighted by atomic mass is 9.82. The number of furan rings is 1. The number of benzene rings is 7. The minimum Gasteiger partial charge on any atom is -0.454 e. The molecule has 3 aromatic heterocycles. The summed E-state index contributed by atoms with van der Waals surface area (Å²) in [5, 5.41) is 4.23. The molecule has 11 rings (SSSR count). The minimum absolute atomic E-state index is 0.0169. The summed E-state index contributed by atoms with van der Waals surface area (Å²) in [6.45, 7) is 4.62. The van der Waals surface area contributed by atoms with E-state index in [9.17, 15) is 0 Å². The van der Waals surface area contributed by atoms with Crippen LogP contribution in [0.15, 0.2) is 162 Å². The quantitative estimate of drug-likeness (QED) is 0.185. The SMILES string of the molecule is [2H]c1c([2H])c([2H])c(-c2nc(-c3ccccc3)nc(-c3ccc4c(c3)oc3c(-n5c6ccccc6c6cc7c(cc65)-c5ccccc5C7(C)C)cccc34)n2)c([2H])c1[2H]. The van der Waals surface area contributed by atoms with Gasteiger partial charge in [-0.15, -0.1) is 0 Å². The van der Waals surface area contributed by atoms with Crippen LogP contribution < -0.4 is 0 Å². The van der Waals surface area contributed by atoms with E-state index < -0.39 is 18.1 Å². The highest BCUT2D eigenvalue weighted by atomic mass is 16.3. The third-order valence-electron chi connectivity index (χ3n) is 10.7. The average molecular weight is 686 g/mol. The van der Waals surface area contributed by atoms with E-state index in [0.29, 0.717) is 22.5 Å². The lowest BCUT2D eigenvalue weighted by Gasteiger charge is -2.21. The Hall–Kier alpha value is -6.85. The smallest absolute Gasteiger partial charge is 0.164 e. The van der Waals surface area contributed by atoms with Gasteiger partial charge < -0.3 is 8.98 Å². The highest BCUT2D eigenvalue weighted by molar-refractivity contribution is 6.14. The van der Waals surface area contributed by atoms with Crippen molar-refractivity contribution in [3.63, 3.8) is 0 Å². The molecular weight excluding hydrogens is 649 g/mol. The Balaban J connectivity index is 1.12. The van der Waals surface area contributed by atoms with Gasteiger partial charge in [-0.2, -0.15) is 0 Å². The predicted molar refractivity (Wildman–Crippen MR) is 215 cm³/mol. The largest absolute Gasteiger partial charge is 0.454 e. The van der Waals surface area contributed by atoms with Gasteiger partial charge in [0, 0.05) is 43.7 Å². The first-order chi connectivity index (χ1) is 28.1. The van der Waals surface area contributed by atoms with Crippen LogP contribution in [0.3, 0.4) is 0 Å². The summed E-state index contributed by atoms with van der Waals surface area (Å²) in [6, 6.07) is 41.2. The molecule has 3 heterocycles. The highest BCUT2D eigenvalue weighted by Gasteiger charge is 2.36. The topological polar surface area (TPSA) is 56.7 Å². The summed E-state index contributed by atoms with van der Waals surface area (Å²) in [5.41, 5.74) is 10.7. The van der Waals surface area contributed by atoms with Crippen molar-refractivity contribution in [1.29, 1.82) is 0 Å². The van der Waals surface area contributed by atoms with Crippen molar-refractivity contribution in [2.75, 3.05) is 0 Å². The second-order valence-electron chi connectivity index (χ2n) is 14.1. The minimum atomic E-state index is -0.481. The Kier molecular flexibility index (Phi) is 5.26. The molecule has 0 aliphatic heterocycles. The normalized spacial score (nSPS) is 14.6. The molecule has 1 aliphatic carbocycles. The molecule has 5 heteroatoms. The fraction of sp³-hybridized carbons (Fsp3) is 0.0625. The van der Waals surface area contributed by atoms with Crippen LogP contribution in [0.1, 0.15) is 31.8 Å². The third kappa shape index (κ3) is 4.40. The maximum absolute atomic E-state index is 8.67. The van der Waals surface area contributed by atoms with E-state index in [1.54, 1.807) is 0 Å². The standard InChI is InChI=1S/C48H32N4O/c1-48(2)38-21-11-9-18-32(38)36-28-42-37(27-39(36)48)33-19-10-12-22-40(33)52(42)41-23-13-20-35-34-25-24-31(26-43(34)53-44(35)41)47-50-45(29-14-5-3-6-15-29)49-46(51-47)30-16-7-4-8-17-30/h3-28H,1-2H3/i3D,5D,6D,14D,15D. The molecule has 0 spiro atoms. The van der Waals surface area contributed by atoms with Crippen molar-refractivity contribution < 1.29 is 11.3 Å². The van der Waals surface area contributed by atoms with Gasteiger partial charge in [0.1, 0.15) is 5.58 Å². The molecule has 0 fully saturated rings. The van der Waals surface area contributed by atoms with Gasteiger partial charge in [-0.1, -0.05) is 135 Å². The molecule has 0 N–H and O–H groups in total. The van der Waals surface area contributed by atoms with Crippen LogP contribution in [-0.4, -0.2) is 19.5 Å². The number of hydrogen-bond acceptors (Lipinski definition) is 4. The van der Waals surface area contributed by atoms with E-state index in [-0.39, 0.29) is 34.7 Å². The average Bonchev–Trinajstić information content (AvgIpc) is 3.86. The third-order valence-corrected chi connectivity index (χ3v) is 10.7. The van der Waals surface area contributed by atoms with E-state index in [1.807, 2.05) is 48.5 Å². The van der Waals surface area contributed by atoms with E-state index in [0.717, 1.165) is 33.1 Å². The van der Waals surface area contributed by atoms with Crippen LogP contribution in [0.5, 0.6) is 0 Å². The van der Waals surface area contributed by atoms with Crippen molar-refractivity contribution in [1.82, 2.24) is 19.5 Å². The molecule has 0 radical (unpaired) electrons. The Bertz CT molecular complexity index is 3360. The van der Waals surface area contributed by atoms with E-state index in [2.05, 4.69) is 102 Å². The maximum Gasteiger partial charge on any atom is 0.164 e. The molecule has 0 bridgehead atoms. The zero-order valence-electron chi connectivity index (χ0n) is 33.8. The van der Waals surface area contributed by atoms with Crippen LogP contribution in [0, 0.1) is 0 Å². The van der Waals surface area contributed by atoms with Crippen molar-refractivity contribution in [2.45, 2.75) is 19.3 Å². The van der Waals surface area contributed by atoms with Gasteiger partial charge in [0.2, 0.25) is 0 Å². The van der Waals surface area contributed by atoms with E-state index in [1.165, 1.54) is 33.0 Å². The maximum atomic E-state index is 8.67. The molecule has 1 aliphatic rings. The Morgan fingerprint density at radius 3 is 2.09 bits per heavy atom. The van der Waals surface area contributed by atoms with Crippen molar-refractivity contribution >= 4 is 43.7 Å². The zero-order chi connectivity index (χ0) is 39.6. The van der Waals surface area contributed by atoms with E-state index in [4.69, 9.17) is 21.2 Å². The fourth-order valence-electron chi connectivity index (χ4n) is 8.22. The molecule has 7 aromatic carbocycles. The second kappa shape index (κ2) is 11.1. The summed E-state index contributed by atoms with van der Waals surface area (Å²) >= 11 is 0. The molecule has 250 valence electrons. The molecule has 0 saturated carbocycles. The summed E-state index contributed by atoms with van der Waals surface area (Å²) in [5.74, 6) is 0.567. The molecular formula is C48H32N4O. The predicted octanol–water partition coefficient (Wildman–Crippen LogP) is 12.2. The lowest BCUT2D eigenvalue weighted by molar-refractivity contribution is 0.661. The number of aromatic nitrogens is 4. The molecule has 5 nitrogen and oxygen atoms in total. The first-order valence-corrected chi connectivity index (χ1v) is 17.6. The molecule has 10 aromatic rings. The summed E-state index contributed by atoms with van der Waals surface area (Å²) in [6.07, 6.45) is 0. The van der Waals surface area contributed by atoms with Gasteiger partial charge in [-0.05, 0) is 58.7 Å². The fourth-order valence-corrected chi connectivity index (χ4v) is 8.22. The van der Waals surface area contributed by atoms with Crippen LogP contribution >= 0.6 is 0 Å². The summed E-state index contributed by atoms with van der Waals surface area (Å²) < 4.78 is 51.2. The molecule has 0 amide bonds. The summed E-state index contributed by atoms with van der Waals surface area (Å²) in [7, 11) is 0. The van der Waals surface area contributed by atoms with Gasteiger partial charge in [0.25, 0.3) is 0 Å². The van der Waals surface area contributed by atoms with E-state index >= 15 is 0 Å². The van der Waals surface area contributed by atoms with Gasteiger partial charge >= 0.3 is 0 Å². The van der Waals surface area contributed by atoms with Gasteiger partial charge in [-0.25, -0.2) is 15.0 Å². The first-order valence-electron chi connectivity index (χ1n) is 20.1. The van der Waals surface area contributed by atoms with Gasteiger partial charge in [0.15, 0.2) is 23.1 Å². The van der Waals surface area contributed by atoms with Gasteiger partial charge in [-0.3, -0.25) is 0 Å². The Morgan fingerprint density at radius 1 is 0.528 bits per heavy atom. The van der Waals surface area contributed by atoms with Crippen molar-refractivity contribution in [2.24, 2.45) is 0 Å². The lowest BCUT2D eigenvalue weighted by Crippen LogP contribution is -2.14. The van der Waals surface area contributed by atoms with Gasteiger partial charge in [0.05, 0.1) is 23.6 Å². The number of para-hydroxylation sites is 2. The molecule has 0 saturated heterocycles. The number of nitrogens with zero attached hydrogens (tertiary/aromatic N) is 4. The van der Waals surface area contributed by atoms with Crippen LogP contribution in [0.25, 0.3) is 94.7 Å². The molecule has 53 heavy (non-hydrogen) atoms. The van der Waals surface area contributed by atoms with Crippen LogP contribution in [0.4, 0.5) is 0 Å². The first kappa shape index (κ1) is 25.2. The number of fused-ring (bicyclic) bond motifs is 9. The second-order valence-corrected chi connectivity index (χ2v) is 14.1. The van der Waals surface area contributed by atoms with Crippen molar-refractivity contribution in [3.8, 4) is 51.0 Å². The number of rotatable bonds is 4. The molecule has 0 unspecified atom stereocenters.